The van der Waals surface area contributed by atoms with Crippen LogP contribution in [0.1, 0.15) is 20.3 Å². The smallest absolute Gasteiger partial charge is 0.105 e. The molecule has 1 rings (SSSR count). The summed E-state index contributed by atoms with van der Waals surface area (Å²) in [7, 11) is 1.95. The van der Waals surface area contributed by atoms with Gasteiger partial charge in [0.15, 0.2) is 0 Å². The van der Waals surface area contributed by atoms with Crippen LogP contribution >= 0.6 is 0 Å². The normalized spacial score (nSPS) is 23.2. The summed E-state index contributed by atoms with van der Waals surface area (Å²) < 4.78 is 10.9. The molecule has 72 valence electrons. The summed E-state index contributed by atoms with van der Waals surface area (Å²) >= 11 is 0. The van der Waals surface area contributed by atoms with Crippen molar-refractivity contribution in [1.82, 2.24) is 5.32 Å². The molecule has 12 heavy (non-hydrogen) atoms. The minimum absolute atomic E-state index is 0.0246. The second-order valence-corrected chi connectivity index (χ2v) is 3.61. The largest absolute Gasteiger partial charge is 0.376 e. The van der Waals surface area contributed by atoms with E-state index >= 15 is 0 Å². The Kier molecular flexibility index (Phi) is 3.50. The molecule has 0 radical (unpaired) electrons. The third-order valence-electron chi connectivity index (χ3n) is 2.36. The SMILES string of the molecule is CCC(C)(CNC)OC1COC1. The van der Waals surface area contributed by atoms with Crippen molar-refractivity contribution in [3.05, 3.63) is 0 Å². The summed E-state index contributed by atoms with van der Waals surface area (Å²) in [5.74, 6) is 0. The first-order chi connectivity index (χ1) is 5.70. The van der Waals surface area contributed by atoms with Crippen molar-refractivity contribution < 1.29 is 9.47 Å². The molecular weight excluding hydrogens is 154 g/mol. The van der Waals surface area contributed by atoms with Crippen molar-refractivity contribution >= 4 is 0 Å². The first-order valence-electron chi connectivity index (χ1n) is 4.60. The number of hydrogen-bond acceptors (Lipinski definition) is 3. The maximum atomic E-state index is 5.88. The van der Waals surface area contributed by atoms with E-state index in [4.69, 9.17) is 9.47 Å². The van der Waals surface area contributed by atoms with Gasteiger partial charge in [0.2, 0.25) is 0 Å². The van der Waals surface area contributed by atoms with Crippen LogP contribution < -0.4 is 5.32 Å². The van der Waals surface area contributed by atoms with Crippen LogP contribution in [0.15, 0.2) is 0 Å². The van der Waals surface area contributed by atoms with E-state index in [1.165, 1.54) is 0 Å². The lowest BCUT2D eigenvalue weighted by Crippen LogP contribution is -2.47. The van der Waals surface area contributed by atoms with Crippen molar-refractivity contribution in [2.24, 2.45) is 0 Å². The molecule has 0 amide bonds. The van der Waals surface area contributed by atoms with Gasteiger partial charge in [-0.1, -0.05) is 6.92 Å². The van der Waals surface area contributed by atoms with Gasteiger partial charge in [-0.3, -0.25) is 0 Å². The van der Waals surface area contributed by atoms with Crippen molar-refractivity contribution in [1.29, 1.82) is 0 Å². The van der Waals surface area contributed by atoms with E-state index in [-0.39, 0.29) is 5.60 Å². The maximum absolute atomic E-state index is 5.88. The molecule has 1 fully saturated rings. The van der Waals surface area contributed by atoms with Gasteiger partial charge in [-0.25, -0.2) is 0 Å². The van der Waals surface area contributed by atoms with E-state index in [1.807, 2.05) is 7.05 Å². The molecule has 0 saturated carbocycles. The number of rotatable bonds is 5. The minimum Gasteiger partial charge on any atom is -0.376 e. The number of ether oxygens (including phenoxy) is 2. The highest BCUT2D eigenvalue weighted by Gasteiger charge is 2.30. The molecule has 0 aromatic rings. The van der Waals surface area contributed by atoms with Crippen LogP contribution in [0.3, 0.4) is 0 Å². The highest BCUT2D eigenvalue weighted by atomic mass is 16.6. The van der Waals surface area contributed by atoms with Crippen LogP contribution in [0.25, 0.3) is 0 Å². The van der Waals surface area contributed by atoms with Crippen LogP contribution in [0.2, 0.25) is 0 Å². The molecule has 1 aliphatic rings. The third-order valence-corrected chi connectivity index (χ3v) is 2.36. The molecule has 1 N–H and O–H groups in total. The maximum Gasteiger partial charge on any atom is 0.105 e. The summed E-state index contributed by atoms with van der Waals surface area (Å²) in [5.41, 5.74) is -0.0246. The first-order valence-corrected chi connectivity index (χ1v) is 4.60. The molecule has 1 heterocycles. The van der Waals surface area contributed by atoms with Crippen LogP contribution in [0.4, 0.5) is 0 Å². The predicted octanol–water partition coefficient (Wildman–Crippen LogP) is 0.790. The fourth-order valence-corrected chi connectivity index (χ4v) is 1.31. The van der Waals surface area contributed by atoms with Crippen molar-refractivity contribution in [3.63, 3.8) is 0 Å². The molecular formula is C9H19NO2. The lowest BCUT2D eigenvalue weighted by molar-refractivity contribution is -0.186. The average Bonchev–Trinajstić information content (AvgIpc) is 1.98. The van der Waals surface area contributed by atoms with E-state index in [2.05, 4.69) is 19.2 Å². The van der Waals surface area contributed by atoms with E-state index in [9.17, 15) is 0 Å². The van der Waals surface area contributed by atoms with Crippen molar-refractivity contribution in [2.45, 2.75) is 32.0 Å². The fourth-order valence-electron chi connectivity index (χ4n) is 1.31. The molecule has 1 aliphatic heterocycles. The quantitative estimate of drug-likeness (QED) is 0.666. The zero-order chi connectivity index (χ0) is 9.03. The Balaban J connectivity index is 2.30. The zero-order valence-electron chi connectivity index (χ0n) is 8.22. The number of likely N-dealkylation sites (N-methyl/N-ethyl adjacent to an activating group) is 1. The Labute approximate surface area is 74.4 Å². The Morgan fingerprint density at radius 2 is 2.25 bits per heavy atom. The molecule has 3 heteroatoms. The second-order valence-electron chi connectivity index (χ2n) is 3.61. The summed E-state index contributed by atoms with van der Waals surface area (Å²) in [4.78, 5) is 0. The highest BCUT2D eigenvalue weighted by Crippen LogP contribution is 2.19. The number of nitrogens with one attached hydrogen (secondary N) is 1. The Hall–Kier alpha value is -0.120. The Morgan fingerprint density at radius 1 is 1.58 bits per heavy atom. The Morgan fingerprint density at radius 3 is 2.58 bits per heavy atom. The van der Waals surface area contributed by atoms with Gasteiger partial charge in [-0.15, -0.1) is 0 Å². The van der Waals surface area contributed by atoms with E-state index in [0.717, 1.165) is 26.2 Å². The van der Waals surface area contributed by atoms with Crippen LogP contribution in [-0.4, -0.2) is 38.5 Å². The molecule has 0 spiro atoms. The third kappa shape index (κ3) is 2.44. The second kappa shape index (κ2) is 4.21. The van der Waals surface area contributed by atoms with Crippen molar-refractivity contribution in [2.75, 3.05) is 26.8 Å². The van der Waals surface area contributed by atoms with Crippen LogP contribution in [0.5, 0.6) is 0 Å². The number of hydrogen-bond donors (Lipinski definition) is 1. The molecule has 0 bridgehead atoms. The lowest BCUT2D eigenvalue weighted by Gasteiger charge is -2.37. The van der Waals surface area contributed by atoms with Gasteiger partial charge >= 0.3 is 0 Å². The van der Waals surface area contributed by atoms with Gasteiger partial charge in [-0.05, 0) is 20.4 Å². The monoisotopic (exact) mass is 173 g/mol. The van der Waals surface area contributed by atoms with Gasteiger partial charge in [0.05, 0.1) is 18.8 Å². The van der Waals surface area contributed by atoms with Crippen LogP contribution in [0, 0.1) is 0 Å². The molecule has 1 atom stereocenters. The summed E-state index contributed by atoms with van der Waals surface area (Å²) in [6, 6.07) is 0. The topological polar surface area (TPSA) is 30.5 Å². The molecule has 1 saturated heterocycles. The molecule has 0 aliphatic carbocycles. The average molecular weight is 173 g/mol. The van der Waals surface area contributed by atoms with Gasteiger partial charge in [0.1, 0.15) is 6.10 Å². The van der Waals surface area contributed by atoms with E-state index in [1.54, 1.807) is 0 Å². The summed E-state index contributed by atoms with van der Waals surface area (Å²) in [6.07, 6.45) is 1.35. The molecule has 3 nitrogen and oxygen atoms in total. The van der Waals surface area contributed by atoms with Gasteiger partial charge in [0, 0.05) is 6.54 Å². The first kappa shape index (κ1) is 9.96. The van der Waals surface area contributed by atoms with Gasteiger partial charge < -0.3 is 14.8 Å². The van der Waals surface area contributed by atoms with E-state index < -0.39 is 0 Å². The highest BCUT2D eigenvalue weighted by molar-refractivity contribution is 4.79. The van der Waals surface area contributed by atoms with Gasteiger partial charge in [-0.2, -0.15) is 0 Å². The summed E-state index contributed by atoms with van der Waals surface area (Å²) in [6.45, 7) is 6.72. The Bertz CT molecular complexity index is 136. The molecule has 0 aromatic heterocycles. The minimum atomic E-state index is -0.0246. The fraction of sp³-hybridized carbons (Fsp3) is 1.00. The van der Waals surface area contributed by atoms with Crippen LogP contribution in [-0.2, 0) is 9.47 Å². The van der Waals surface area contributed by atoms with Crippen molar-refractivity contribution in [3.8, 4) is 0 Å². The standard InChI is InChI=1S/C9H19NO2/c1-4-9(2,7-10-3)12-8-5-11-6-8/h8,10H,4-7H2,1-3H3. The lowest BCUT2D eigenvalue weighted by atomic mass is 10.0. The molecule has 0 aromatic carbocycles. The van der Waals surface area contributed by atoms with Gasteiger partial charge in [0.25, 0.3) is 0 Å². The zero-order valence-corrected chi connectivity index (χ0v) is 8.22. The summed E-state index contributed by atoms with van der Waals surface area (Å²) in [5, 5.41) is 3.15. The van der Waals surface area contributed by atoms with E-state index in [0.29, 0.717) is 6.10 Å². The predicted molar refractivity (Wildman–Crippen MR) is 48.3 cm³/mol. The molecule has 1 unspecified atom stereocenters.